The van der Waals surface area contributed by atoms with Crippen LogP contribution in [0.4, 0.5) is 0 Å². The second-order valence-corrected chi connectivity index (χ2v) is 7.85. The van der Waals surface area contributed by atoms with Crippen LogP contribution >= 0.6 is 0 Å². The van der Waals surface area contributed by atoms with Crippen molar-refractivity contribution in [2.24, 2.45) is 5.73 Å². The van der Waals surface area contributed by atoms with Gasteiger partial charge in [-0.2, -0.15) is 0 Å². The Labute approximate surface area is 112 Å². The van der Waals surface area contributed by atoms with Gasteiger partial charge in [0.1, 0.15) is 9.84 Å². The molecule has 5 heteroatoms. The van der Waals surface area contributed by atoms with E-state index in [4.69, 9.17) is 5.73 Å². The zero-order valence-corrected chi connectivity index (χ0v) is 12.6. The maximum absolute atomic E-state index is 11.2. The summed E-state index contributed by atoms with van der Waals surface area (Å²) in [6.07, 6.45) is 7.74. The second-order valence-electron chi connectivity index (χ2n) is 5.59. The maximum atomic E-state index is 11.2. The lowest BCUT2D eigenvalue weighted by Gasteiger charge is -2.36. The first-order chi connectivity index (χ1) is 8.42. The third kappa shape index (κ3) is 6.16. The van der Waals surface area contributed by atoms with E-state index in [1.807, 2.05) is 0 Å². The Morgan fingerprint density at radius 1 is 1.17 bits per heavy atom. The van der Waals surface area contributed by atoms with Gasteiger partial charge in [-0.3, -0.25) is 0 Å². The van der Waals surface area contributed by atoms with Gasteiger partial charge in [0.05, 0.1) is 5.75 Å². The predicted octanol–water partition coefficient (Wildman–Crippen LogP) is 1.40. The Morgan fingerprint density at radius 3 is 2.28 bits per heavy atom. The Kier molecular flexibility index (Phi) is 6.60. The maximum Gasteiger partial charge on any atom is 0.147 e. The molecular formula is C13H28N2O2S. The molecule has 0 atom stereocenters. The van der Waals surface area contributed by atoms with Gasteiger partial charge < -0.3 is 10.6 Å². The first-order valence-corrected chi connectivity index (χ1v) is 9.15. The summed E-state index contributed by atoms with van der Waals surface area (Å²) in [7, 11) is -2.82. The Hall–Kier alpha value is -0.130. The lowest BCUT2D eigenvalue weighted by atomic mass is 9.90. The minimum atomic E-state index is -2.82. The van der Waals surface area contributed by atoms with Crippen molar-refractivity contribution < 1.29 is 8.42 Å². The molecule has 2 N–H and O–H groups in total. The lowest BCUT2D eigenvalue weighted by molar-refractivity contribution is 0.150. The highest BCUT2D eigenvalue weighted by molar-refractivity contribution is 7.90. The highest BCUT2D eigenvalue weighted by atomic mass is 32.2. The van der Waals surface area contributed by atoms with Crippen molar-refractivity contribution in [2.45, 2.75) is 57.5 Å². The first-order valence-electron chi connectivity index (χ1n) is 7.09. The van der Waals surface area contributed by atoms with Crippen LogP contribution in [0.1, 0.15) is 45.4 Å². The molecule has 0 bridgehead atoms. The van der Waals surface area contributed by atoms with Crippen molar-refractivity contribution >= 4 is 9.84 Å². The van der Waals surface area contributed by atoms with Crippen LogP contribution in [0, 0.1) is 0 Å². The normalized spacial score (nSPS) is 25.6. The quantitative estimate of drug-likeness (QED) is 0.763. The first kappa shape index (κ1) is 15.9. The number of sulfone groups is 1. The monoisotopic (exact) mass is 276 g/mol. The van der Waals surface area contributed by atoms with Gasteiger partial charge in [-0.25, -0.2) is 8.42 Å². The van der Waals surface area contributed by atoms with E-state index >= 15 is 0 Å². The minimum absolute atomic E-state index is 0.305. The van der Waals surface area contributed by atoms with Gasteiger partial charge in [0, 0.05) is 18.3 Å². The van der Waals surface area contributed by atoms with E-state index < -0.39 is 9.84 Å². The smallest absolute Gasteiger partial charge is 0.147 e. The summed E-state index contributed by atoms with van der Waals surface area (Å²) in [5.41, 5.74) is 5.93. The molecule has 0 radical (unpaired) electrons. The molecule has 1 saturated carbocycles. The number of hydrogen-bond donors (Lipinski definition) is 1. The SMILES string of the molecule is CCCN(CCCS(C)(=O)=O)C1CCC(N)CC1. The van der Waals surface area contributed by atoms with Crippen LogP contribution in [0.2, 0.25) is 0 Å². The highest BCUT2D eigenvalue weighted by Crippen LogP contribution is 2.22. The van der Waals surface area contributed by atoms with E-state index in [-0.39, 0.29) is 0 Å². The van der Waals surface area contributed by atoms with Gasteiger partial charge in [0.25, 0.3) is 0 Å². The fourth-order valence-electron chi connectivity index (χ4n) is 2.76. The van der Waals surface area contributed by atoms with Crippen LogP contribution in [0.3, 0.4) is 0 Å². The Balaban J connectivity index is 2.39. The van der Waals surface area contributed by atoms with Crippen molar-refractivity contribution in [3.63, 3.8) is 0 Å². The predicted molar refractivity (Wildman–Crippen MR) is 76.4 cm³/mol. The molecule has 0 unspecified atom stereocenters. The van der Waals surface area contributed by atoms with Gasteiger partial charge in [-0.05, 0) is 51.6 Å². The molecule has 0 aromatic rings. The van der Waals surface area contributed by atoms with Gasteiger partial charge in [0.2, 0.25) is 0 Å². The van der Waals surface area contributed by atoms with E-state index in [1.165, 1.54) is 19.1 Å². The minimum Gasteiger partial charge on any atom is -0.328 e. The van der Waals surface area contributed by atoms with Crippen LogP contribution in [-0.2, 0) is 9.84 Å². The van der Waals surface area contributed by atoms with Gasteiger partial charge in [-0.15, -0.1) is 0 Å². The molecule has 1 aliphatic carbocycles. The summed E-state index contributed by atoms with van der Waals surface area (Å²) < 4.78 is 22.3. The fraction of sp³-hybridized carbons (Fsp3) is 1.00. The molecule has 0 spiro atoms. The van der Waals surface area contributed by atoms with Crippen LogP contribution in [0.15, 0.2) is 0 Å². The van der Waals surface area contributed by atoms with E-state index in [0.29, 0.717) is 17.8 Å². The van der Waals surface area contributed by atoms with Crippen molar-refractivity contribution in [3.8, 4) is 0 Å². The molecule has 0 aromatic carbocycles. The standard InChI is InChI=1S/C13H28N2O2S/c1-3-9-15(10-4-11-18(2,16)17)13-7-5-12(14)6-8-13/h12-13H,3-11,14H2,1-2H3. The van der Waals surface area contributed by atoms with E-state index in [2.05, 4.69) is 11.8 Å². The fourth-order valence-corrected chi connectivity index (χ4v) is 3.41. The summed E-state index contributed by atoms with van der Waals surface area (Å²) in [4.78, 5) is 2.47. The lowest BCUT2D eigenvalue weighted by Crippen LogP contribution is -2.42. The summed E-state index contributed by atoms with van der Waals surface area (Å²) in [6.45, 7) is 4.16. The van der Waals surface area contributed by atoms with Gasteiger partial charge in [-0.1, -0.05) is 6.92 Å². The Morgan fingerprint density at radius 2 is 1.78 bits per heavy atom. The molecule has 18 heavy (non-hydrogen) atoms. The van der Waals surface area contributed by atoms with Crippen molar-refractivity contribution in [1.82, 2.24) is 4.90 Å². The van der Waals surface area contributed by atoms with Crippen molar-refractivity contribution in [1.29, 1.82) is 0 Å². The van der Waals surface area contributed by atoms with E-state index in [0.717, 1.165) is 38.8 Å². The average Bonchev–Trinajstić information content (AvgIpc) is 2.27. The van der Waals surface area contributed by atoms with E-state index in [1.54, 1.807) is 0 Å². The van der Waals surface area contributed by atoms with Gasteiger partial charge >= 0.3 is 0 Å². The van der Waals surface area contributed by atoms with Crippen LogP contribution in [-0.4, -0.2) is 50.5 Å². The summed E-state index contributed by atoms with van der Waals surface area (Å²) >= 11 is 0. The zero-order chi connectivity index (χ0) is 13.6. The Bertz CT molecular complexity index is 322. The van der Waals surface area contributed by atoms with Crippen LogP contribution in [0.25, 0.3) is 0 Å². The second kappa shape index (κ2) is 7.46. The van der Waals surface area contributed by atoms with Crippen LogP contribution in [0.5, 0.6) is 0 Å². The molecule has 0 aromatic heterocycles. The molecule has 0 aliphatic heterocycles. The number of nitrogens with zero attached hydrogens (tertiary/aromatic N) is 1. The number of nitrogens with two attached hydrogens (primary N) is 1. The highest BCUT2D eigenvalue weighted by Gasteiger charge is 2.23. The molecule has 0 heterocycles. The van der Waals surface area contributed by atoms with Crippen LogP contribution < -0.4 is 5.73 Å². The molecule has 1 rings (SSSR count). The topological polar surface area (TPSA) is 63.4 Å². The van der Waals surface area contributed by atoms with Gasteiger partial charge in [0.15, 0.2) is 0 Å². The van der Waals surface area contributed by atoms with E-state index in [9.17, 15) is 8.42 Å². The molecule has 1 aliphatic rings. The summed E-state index contributed by atoms with van der Waals surface area (Å²) in [5.74, 6) is 0.305. The zero-order valence-electron chi connectivity index (χ0n) is 11.8. The molecular weight excluding hydrogens is 248 g/mol. The van der Waals surface area contributed by atoms with Crippen molar-refractivity contribution in [2.75, 3.05) is 25.1 Å². The summed E-state index contributed by atoms with van der Waals surface area (Å²) in [5, 5.41) is 0. The molecule has 4 nitrogen and oxygen atoms in total. The largest absolute Gasteiger partial charge is 0.328 e. The molecule has 108 valence electrons. The third-order valence-corrected chi connectivity index (χ3v) is 4.76. The molecule has 1 fully saturated rings. The summed E-state index contributed by atoms with van der Waals surface area (Å²) in [6, 6.07) is 0.991. The number of hydrogen-bond acceptors (Lipinski definition) is 4. The third-order valence-electron chi connectivity index (χ3n) is 3.73. The average molecular weight is 276 g/mol. The molecule has 0 saturated heterocycles. The molecule has 0 amide bonds. The number of rotatable bonds is 7. The van der Waals surface area contributed by atoms with Crippen molar-refractivity contribution in [3.05, 3.63) is 0 Å².